The number of allylic oxidation sites excluding steroid dienone is 2. The van der Waals surface area contributed by atoms with E-state index in [2.05, 4.69) is 12.1 Å². The lowest BCUT2D eigenvalue weighted by atomic mass is 9.80. The fourth-order valence-corrected chi connectivity index (χ4v) is 4.70. The molecular weight excluding hydrogens is 332 g/mol. The van der Waals surface area contributed by atoms with Crippen LogP contribution in [0.25, 0.3) is 0 Å². The van der Waals surface area contributed by atoms with E-state index in [-0.39, 0.29) is 23.4 Å². The number of rotatable bonds is 3. The second-order valence-corrected chi connectivity index (χ2v) is 7.27. The predicted molar refractivity (Wildman–Crippen MR) is 105 cm³/mol. The topological polar surface area (TPSA) is 34.1 Å². The largest absolute Gasteiger partial charge is 0.294 e. The number of hydrogen-bond acceptors (Lipinski definition) is 2. The van der Waals surface area contributed by atoms with Crippen LogP contribution in [0.4, 0.5) is 0 Å². The van der Waals surface area contributed by atoms with Crippen molar-refractivity contribution in [3.05, 3.63) is 119 Å². The van der Waals surface area contributed by atoms with Gasteiger partial charge in [-0.25, -0.2) is 0 Å². The molecule has 0 aromatic heterocycles. The van der Waals surface area contributed by atoms with Crippen LogP contribution in [0.15, 0.2) is 97.1 Å². The smallest absolute Gasteiger partial charge is 0.185 e. The van der Waals surface area contributed by atoms with Crippen LogP contribution in [0, 0.1) is 5.92 Å². The molecule has 0 amide bonds. The average Bonchev–Trinajstić information content (AvgIpc) is 3.41. The minimum absolute atomic E-state index is 0.0147. The summed E-state index contributed by atoms with van der Waals surface area (Å²) in [6.45, 7) is 0. The van der Waals surface area contributed by atoms with Crippen molar-refractivity contribution in [2.45, 2.75) is 11.3 Å². The van der Waals surface area contributed by atoms with Crippen LogP contribution in [0.5, 0.6) is 0 Å². The summed E-state index contributed by atoms with van der Waals surface area (Å²) < 4.78 is 0. The van der Waals surface area contributed by atoms with Gasteiger partial charge in [0, 0.05) is 28.4 Å². The van der Waals surface area contributed by atoms with E-state index in [9.17, 15) is 9.59 Å². The van der Waals surface area contributed by atoms with Gasteiger partial charge in [-0.05, 0) is 17.2 Å². The maximum absolute atomic E-state index is 13.4. The number of carbonyl (C=O) groups excluding carboxylic acids is 2. The minimum Gasteiger partial charge on any atom is -0.294 e. The number of fused-ring (bicyclic) bond motifs is 2. The summed E-state index contributed by atoms with van der Waals surface area (Å²) in [5, 5.41) is 0. The van der Waals surface area contributed by atoms with E-state index in [0.29, 0.717) is 5.56 Å². The third-order valence-electron chi connectivity index (χ3n) is 5.92. The Hall–Kier alpha value is -3.26. The summed E-state index contributed by atoms with van der Waals surface area (Å²) in [4.78, 5) is 25.9. The van der Waals surface area contributed by atoms with Crippen LogP contribution in [0.1, 0.15) is 37.8 Å². The Kier molecular flexibility index (Phi) is 3.48. The number of carbonyl (C=O) groups is 2. The van der Waals surface area contributed by atoms with Gasteiger partial charge in [0.05, 0.1) is 0 Å². The molecule has 0 saturated heterocycles. The highest BCUT2D eigenvalue weighted by Gasteiger charge is 2.68. The Balaban J connectivity index is 1.69. The van der Waals surface area contributed by atoms with Crippen molar-refractivity contribution >= 4 is 11.6 Å². The third-order valence-corrected chi connectivity index (χ3v) is 5.92. The summed E-state index contributed by atoms with van der Waals surface area (Å²) in [7, 11) is 0. The van der Waals surface area contributed by atoms with Gasteiger partial charge in [0.25, 0.3) is 0 Å². The summed E-state index contributed by atoms with van der Waals surface area (Å²) >= 11 is 0. The average molecular weight is 350 g/mol. The molecule has 2 aliphatic rings. The summed E-state index contributed by atoms with van der Waals surface area (Å²) in [5.41, 5.74) is 3.10. The molecule has 2 nitrogen and oxygen atoms in total. The highest BCUT2D eigenvalue weighted by Crippen LogP contribution is 2.68. The van der Waals surface area contributed by atoms with E-state index < -0.39 is 5.41 Å². The number of hydrogen-bond donors (Lipinski definition) is 0. The fourth-order valence-electron chi connectivity index (χ4n) is 4.70. The lowest BCUT2D eigenvalue weighted by molar-refractivity contribution is 0.0955. The molecule has 1 fully saturated rings. The van der Waals surface area contributed by atoms with Gasteiger partial charge in [0.1, 0.15) is 0 Å². The second-order valence-electron chi connectivity index (χ2n) is 7.27. The molecule has 1 spiro atoms. The molecular formula is C25H18O2. The summed E-state index contributed by atoms with van der Waals surface area (Å²) in [6, 6.07) is 27.3. The van der Waals surface area contributed by atoms with Crippen molar-refractivity contribution in [1.82, 2.24) is 0 Å². The molecule has 3 aromatic rings. The molecule has 130 valence electrons. The van der Waals surface area contributed by atoms with Crippen molar-refractivity contribution in [1.29, 1.82) is 0 Å². The molecule has 0 bridgehead atoms. The van der Waals surface area contributed by atoms with Crippen molar-refractivity contribution in [2.75, 3.05) is 0 Å². The van der Waals surface area contributed by atoms with Gasteiger partial charge in [-0.15, -0.1) is 0 Å². The van der Waals surface area contributed by atoms with E-state index >= 15 is 0 Å². The Bertz CT molecular complexity index is 1070. The lowest BCUT2D eigenvalue weighted by Gasteiger charge is -2.21. The molecule has 0 N–H and O–H groups in total. The molecule has 2 aliphatic carbocycles. The molecule has 0 radical (unpaired) electrons. The Labute approximate surface area is 158 Å². The monoisotopic (exact) mass is 350 g/mol. The van der Waals surface area contributed by atoms with Crippen LogP contribution in [-0.2, 0) is 5.41 Å². The quantitative estimate of drug-likeness (QED) is 0.625. The summed E-state index contributed by atoms with van der Waals surface area (Å²) in [6.07, 6.45) is 3.62. The molecule has 27 heavy (non-hydrogen) atoms. The molecule has 0 unspecified atom stereocenters. The first-order chi connectivity index (χ1) is 13.2. The van der Waals surface area contributed by atoms with Crippen LogP contribution in [0.3, 0.4) is 0 Å². The highest BCUT2D eigenvalue weighted by atomic mass is 16.1. The fraction of sp³-hybridized carbons (Fsp3) is 0.120. The first kappa shape index (κ1) is 16.0. The molecule has 1 saturated carbocycles. The Morgan fingerprint density at radius 2 is 1.41 bits per heavy atom. The second kappa shape index (κ2) is 5.88. The van der Waals surface area contributed by atoms with Gasteiger partial charge in [0.2, 0.25) is 0 Å². The predicted octanol–water partition coefficient (Wildman–Crippen LogP) is 4.97. The van der Waals surface area contributed by atoms with Crippen molar-refractivity contribution in [2.24, 2.45) is 5.92 Å². The molecule has 2 heteroatoms. The van der Waals surface area contributed by atoms with E-state index in [1.807, 2.05) is 78.9 Å². The van der Waals surface area contributed by atoms with Crippen molar-refractivity contribution in [3.8, 4) is 0 Å². The van der Waals surface area contributed by atoms with Crippen molar-refractivity contribution in [3.63, 3.8) is 0 Å². The van der Waals surface area contributed by atoms with Gasteiger partial charge in [0.15, 0.2) is 11.6 Å². The number of ketones is 2. The molecule has 3 aromatic carbocycles. The third kappa shape index (κ3) is 2.26. The molecule has 5 rings (SSSR count). The van der Waals surface area contributed by atoms with Crippen molar-refractivity contribution < 1.29 is 9.59 Å². The van der Waals surface area contributed by atoms with E-state index in [1.54, 1.807) is 6.08 Å². The zero-order chi connectivity index (χ0) is 18.4. The Morgan fingerprint density at radius 3 is 2.15 bits per heavy atom. The zero-order valence-electron chi connectivity index (χ0n) is 14.7. The molecule has 0 aliphatic heterocycles. The maximum atomic E-state index is 13.4. The minimum atomic E-state index is -0.446. The number of Topliss-reactive ketones (excluding diaryl/α,β-unsaturated/α-hetero) is 1. The SMILES string of the molecule is O=C1C=C[C@@]2(c3ccccc31)[C@H](C(=O)c1ccccc1)[C@H]2c1ccccc1. The van der Waals surface area contributed by atoms with Gasteiger partial charge in [-0.3, -0.25) is 9.59 Å². The first-order valence-electron chi connectivity index (χ1n) is 9.21. The Morgan fingerprint density at radius 1 is 0.778 bits per heavy atom. The zero-order valence-corrected chi connectivity index (χ0v) is 14.7. The summed E-state index contributed by atoms with van der Waals surface area (Å²) in [5.74, 6) is -0.0104. The normalized spacial score (nSPS) is 25.3. The standard InChI is InChI=1S/C25H18O2/c26-21-15-16-25(20-14-8-7-13-19(20)21)22(17-9-3-1-4-10-17)23(25)24(27)18-11-5-2-6-12-18/h1-16,22-23H/t22-,23+,25+/m1/s1. The molecule has 0 heterocycles. The van der Waals surface area contributed by atoms with Gasteiger partial charge < -0.3 is 0 Å². The van der Waals surface area contributed by atoms with Crippen LogP contribution < -0.4 is 0 Å². The van der Waals surface area contributed by atoms with E-state index in [0.717, 1.165) is 16.7 Å². The maximum Gasteiger partial charge on any atom is 0.185 e. The van der Waals surface area contributed by atoms with Gasteiger partial charge >= 0.3 is 0 Å². The first-order valence-corrected chi connectivity index (χ1v) is 9.21. The lowest BCUT2D eigenvalue weighted by Crippen LogP contribution is -2.21. The number of benzene rings is 3. The van der Waals surface area contributed by atoms with Crippen LogP contribution in [-0.4, -0.2) is 11.6 Å². The van der Waals surface area contributed by atoms with E-state index in [1.165, 1.54) is 0 Å². The van der Waals surface area contributed by atoms with Gasteiger partial charge in [-0.1, -0.05) is 91.0 Å². The molecule has 3 atom stereocenters. The van der Waals surface area contributed by atoms with Crippen LogP contribution >= 0.6 is 0 Å². The van der Waals surface area contributed by atoms with Crippen LogP contribution in [0.2, 0.25) is 0 Å². The highest BCUT2D eigenvalue weighted by molar-refractivity contribution is 6.10. The van der Waals surface area contributed by atoms with Gasteiger partial charge in [-0.2, -0.15) is 0 Å². The van der Waals surface area contributed by atoms with E-state index in [4.69, 9.17) is 0 Å².